The van der Waals surface area contributed by atoms with E-state index in [2.05, 4.69) is 39.0 Å². The maximum Gasteiger partial charge on any atom is 0.196 e. The van der Waals surface area contributed by atoms with E-state index >= 15 is 0 Å². The van der Waals surface area contributed by atoms with Crippen molar-refractivity contribution in [3.05, 3.63) is 95.8 Å². The number of methoxy groups -OCH3 is 2. The summed E-state index contributed by atoms with van der Waals surface area (Å²) in [6.07, 6.45) is 0.689. The Labute approximate surface area is 180 Å². The number of nitrogens with zero attached hydrogens (tertiary/aromatic N) is 3. The molecule has 0 spiro atoms. The van der Waals surface area contributed by atoms with Gasteiger partial charge in [0.15, 0.2) is 5.16 Å². The minimum absolute atomic E-state index is 0.689. The van der Waals surface area contributed by atoms with Gasteiger partial charge in [0.25, 0.3) is 0 Å². The number of rotatable bonds is 8. The van der Waals surface area contributed by atoms with Gasteiger partial charge in [0.1, 0.15) is 17.3 Å². The third-order valence-corrected chi connectivity index (χ3v) is 5.76. The maximum absolute atomic E-state index is 5.62. The van der Waals surface area contributed by atoms with E-state index in [0.29, 0.717) is 6.42 Å². The van der Waals surface area contributed by atoms with E-state index in [1.54, 1.807) is 26.0 Å². The van der Waals surface area contributed by atoms with E-state index in [1.807, 2.05) is 54.6 Å². The Hall–Kier alpha value is -3.25. The van der Waals surface area contributed by atoms with Crippen molar-refractivity contribution < 1.29 is 9.47 Å². The Morgan fingerprint density at radius 2 is 1.50 bits per heavy atom. The molecule has 0 aliphatic rings. The van der Waals surface area contributed by atoms with Gasteiger partial charge in [0, 0.05) is 12.2 Å². The first-order chi connectivity index (χ1) is 14.8. The van der Waals surface area contributed by atoms with Crippen LogP contribution in [0.2, 0.25) is 0 Å². The normalized spacial score (nSPS) is 10.7. The molecule has 0 atom stereocenters. The molecule has 0 amide bonds. The second-order valence-electron chi connectivity index (χ2n) is 6.71. The molecule has 4 aromatic rings. The molecule has 0 bridgehead atoms. The van der Waals surface area contributed by atoms with Gasteiger partial charge in [-0.1, -0.05) is 66.4 Å². The number of benzene rings is 3. The molecule has 0 saturated carbocycles. The summed E-state index contributed by atoms with van der Waals surface area (Å²) in [4.78, 5) is 0. The van der Waals surface area contributed by atoms with Crippen LogP contribution in [0.4, 0.5) is 0 Å². The number of para-hydroxylation sites is 2. The fourth-order valence-electron chi connectivity index (χ4n) is 3.21. The highest BCUT2D eigenvalue weighted by molar-refractivity contribution is 7.98. The first kappa shape index (κ1) is 20.0. The SMILES string of the molecule is COc1ccc(CSc2nnc(Cc3ccccc3)n2-c2ccccc2OC)cc1. The molecule has 0 aliphatic carbocycles. The summed E-state index contributed by atoms with van der Waals surface area (Å²) in [6, 6.07) is 26.4. The Bertz CT molecular complexity index is 1100. The Kier molecular flexibility index (Phi) is 6.35. The summed E-state index contributed by atoms with van der Waals surface area (Å²) in [5.41, 5.74) is 3.32. The molecule has 152 valence electrons. The van der Waals surface area contributed by atoms with E-state index in [-0.39, 0.29) is 0 Å². The quantitative estimate of drug-likeness (QED) is 0.370. The molecule has 0 fully saturated rings. The number of aromatic nitrogens is 3. The lowest BCUT2D eigenvalue weighted by molar-refractivity contribution is 0.411. The van der Waals surface area contributed by atoms with Crippen LogP contribution in [0.25, 0.3) is 5.69 Å². The monoisotopic (exact) mass is 417 g/mol. The lowest BCUT2D eigenvalue weighted by atomic mass is 10.1. The maximum atomic E-state index is 5.62. The lowest BCUT2D eigenvalue weighted by Gasteiger charge is -2.14. The van der Waals surface area contributed by atoms with Gasteiger partial charge in [0.05, 0.1) is 19.9 Å². The van der Waals surface area contributed by atoms with E-state index in [4.69, 9.17) is 9.47 Å². The number of hydrogen-bond acceptors (Lipinski definition) is 5. The predicted molar refractivity (Wildman–Crippen MR) is 120 cm³/mol. The second kappa shape index (κ2) is 9.50. The molecule has 4 rings (SSSR count). The molecule has 0 N–H and O–H groups in total. The Balaban J connectivity index is 1.67. The molecule has 1 heterocycles. The van der Waals surface area contributed by atoms with E-state index in [9.17, 15) is 0 Å². The molecular formula is C24H23N3O2S. The number of thioether (sulfide) groups is 1. The largest absolute Gasteiger partial charge is 0.497 e. The van der Waals surface area contributed by atoms with Crippen LogP contribution in [0, 0.1) is 0 Å². The van der Waals surface area contributed by atoms with Crippen molar-refractivity contribution in [2.45, 2.75) is 17.3 Å². The van der Waals surface area contributed by atoms with E-state index < -0.39 is 0 Å². The zero-order valence-electron chi connectivity index (χ0n) is 17.0. The molecule has 3 aromatic carbocycles. The highest BCUT2D eigenvalue weighted by atomic mass is 32.2. The van der Waals surface area contributed by atoms with Crippen LogP contribution in [0.15, 0.2) is 84.0 Å². The van der Waals surface area contributed by atoms with Crippen LogP contribution in [-0.2, 0) is 12.2 Å². The van der Waals surface area contributed by atoms with Crippen molar-refractivity contribution in [3.63, 3.8) is 0 Å². The minimum atomic E-state index is 0.689. The first-order valence-electron chi connectivity index (χ1n) is 9.66. The third-order valence-electron chi connectivity index (χ3n) is 4.76. The fraction of sp³-hybridized carbons (Fsp3) is 0.167. The van der Waals surface area contributed by atoms with Crippen LogP contribution in [0.5, 0.6) is 11.5 Å². The molecule has 0 saturated heterocycles. The molecule has 6 heteroatoms. The van der Waals surface area contributed by atoms with Crippen molar-refractivity contribution in [3.8, 4) is 17.2 Å². The summed E-state index contributed by atoms with van der Waals surface area (Å²) in [5.74, 6) is 3.30. The van der Waals surface area contributed by atoms with Crippen LogP contribution in [0.3, 0.4) is 0 Å². The number of ether oxygens (including phenoxy) is 2. The Morgan fingerprint density at radius 3 is 2.23 bits per heavy atom. The van der Waals surface area contributed by atoms with Crippen molar-refractivity contribution in [1.29, 1.82) is 0 Å². The van der Waals surface area contributed by atoms with Crippen LogP contribution >= 0.6 is 11.8 Å². The standard InChI is InChI=1S/C24H23N3O2S/c1-28-20-14-12-19(13-15-20)17-30-24-26-25-23(16-18-8-4-3-5-9-18)27(24)21-10-6-7-11-22(21)29-2/h3-15H,16-17H2,1-2H3. The van der Waals surface area contributed by atoms with E-state index in [1.165, 1.54) is 11.1 Å². The van der Waals surface area contributed by atoms with Gasteiger partial charge in [-0.15, -0.1) is 10.2 Å². The summed E-state index contributed by atoms with van der Waals surface area (Å²) < 4.78 is 13.0. The predicted octanol–water partition coefficient (Wildman–Crippen LogP) is 5.17. The smallest absolute Gasteiger partial charge is 0.196 e. The van der Waals surface area contributed by atoms with Gasteiger partial charge in [-0.05, 0) is 35.4 Å². The van der Waals surface area contributed by atoms with Gasteiger partial charge in [-0.2, -0.15) is 0 Å². The van der Waals surface area contributed by atoms with Crippen molar-refractivity contribution in [1.82, 2.24) is 14.8 Å². The third kappa shape index (κ3) is 4.49. The van der Waals surface area contributed by atoms with Crippen LogP contribution in [0.1, 0.15) is 17.0 Å². The van der Waals surface area contributed by atoms with Gasteiger partial charge < -0.3 is 9.47 Å². The van der Waals surface area contributed by atoms with Crippen LogP contribution < -0.4 is 9.47 Å². The lowest BCUT2D eigenvalue weighted by Crippen LogP contribution is -2.05. The Morgan fingerprint density at radius 1 is 0.767 bits per heavy atom. The van der Waals surface area contributed by atoms with E-state index in [0.717, 1.165) is 33.9 Å². The zero-order chi connectivity index (χ0) is 20.8. The molecule has 5 nitrogen and oxygen atoms in total. The van der Waals surface area contributed by atoms with Crippen molar-refractivity contribution in [2.75, 3.05) is 14.2 Å². The van der Waals surface area contributed by atoms with Gasteiger partial charge in [0.2, 0.25) is 0 Å². The van der Waals surface area contributed by atoms with Gasteiger partial charge >= 0.3 is 0 Å². The molecule has 1 aromatic heterocycles. The summed E-state index contributed by atoms with van der Waals surface area (Å²) in [5, 5.41) is 9.86. The van der Waals surface area contributed by atoms with Gasteiger partial charge in [-0.25, -0.2) is 0 Å². The highest BCUT2D eigenvalue weighted by Gasteiger charge is 2.18. The van der Waals surface area contributed by atoms with Crippen molar-refractivity contribution in [2.24, 2.45) is 0 Å². The molecular weight excluding hydrogens is 394 g/mol. The second-order valence-corrected chi connectivity index (χ2v) is 7.65. The average molecular weight is 418 g/mol. The topological polar surface area (TPSA) is 49.2 Å². The first-order valence-corrected chi connectivity index (χ1v) is 10.6. The number of hydrogen-bond donors (Lipinski definition) is 0. The summed E-state index contributed by atoms with van der Waals surface area (Å²) in [6.45, 7) is 0. The molecule has 0 unspecified atom stereocenters. The molecule has 0 radical (unpaired) electrons. The fourth-order valence-corrected chi connectivity index (χ4v) is 4.13. The van der Waals surface area contributed by atoms with Gasteiger partial charge in [-0.3, -0.25) is 4.57 Å². The summed E-state index contributed by atoms with van der Waals surface area (Å²) in [7, 11) is 3.36. The van der Waals surface area contributed by atoms with Crippen molar-refractivity contribution >= 4 is 11.8 Å². The minimum Gasteiger partial charge on any atom is -0.497 e. The molecule has 0 aliphatic heterocycles. The summed E-state index contributed by atoms with van der Waals surface area (Å²) >= 11 is 1.65. The average Bonchev–Trinajstić information content (AvgIpc) is 3.20. The highest BCUT2D eigenvalue weighted by Crippen LogP contribution is 2.31. The van der Waals surface area contributed by atoms with Crippen LogP contribution in [-0.4, -0.2) is 29.0 Å². The molecule has 30 heavy (non-hydrogen) atoms. The zero-order valence-corrected chi connectivity index (χ0v) is 17.8.